The smallest absolute Gasteiger partial charge is 0.410 e. The topological polar surface area (TPSA) is 86.3 Å². The van der Waals surface area contributed by atoms with E-state index in [4.69, 9.17) is 4.74 Å². The number of halogens is 1. The monoisotopic (exact) mass is 573 g/mol. The Hall–Kier alpha value is -2.04. The van der Waals surface area contributed by atoms with Gasteiger partial charge in [0.1, 0.15) is 5.60 Å². The summed E-state index contributed by atoms with van der Waals surface area (Å²) in [6.45, 7) is 8.59. The number of hydrogen-bond donors (Lipinski definition) is 2. The first-order valence-electron chi connectivity index (χ1n) is 11.3. The Balaban J connectivity index is 0.00000544. The molecular weight excluding hydrogens is 533 g/mol. The molecule has 1 fully saturated rings. The predicted molar refractivity (Wildman–Crippen MR) is 143 cm³/mol. The van der Waals surface area contributed by atoms with Crippen molar-refractivity contribution in [1.82, 2.24) is 20.4 Å². The van der Waals surface area contributed by atoms with E-state index < -0.39 is 5.60 Å². The van der Waals surface area contributed by atoms with E-state index in [-0.39, 0.29) is 36.0 Å². The minimum Gasteiger partial charge on any atom is -0.444 e. The van der Waals surface area contributed by atoms with Crippen molar-refractivity contribution in [2.24, 2.45) is 10.9 Å². The maximum atomic E-state index is 12.3. The molecule has 2 rings (SSSR count). The molecule has 33 heavy (non-hydrogen) atoms. The molecule has 1 unspecified atom stereocenters. The molecule has 0 aromatic heterocycles. The number of guanidine groups is 1. The van der Waals surface area contributed by atoms with E-state index in [0.29, 0.717) is 18.0 Å². The van der Waals surface area contributed by atoms with E-state index in [1.54, 1.807) is 26.0 Å². The molecule has 2 amide bonds. The molecule has 1 atom stereocenters. The zero-order valence-corrected chi connectivity index (χ0v) is 23.1. The van der Waals surface area contributed by atoms with Crippen molar-refractivity contribution >= 4 is 41.9 Å². The summed E-state index contributed by atoms with van der Waals surface area (Å²) < 4.78 is 5.51. The highest BCUT2D eigenvalue weighted by Crippen LogP contribution is 2.21. The average Bonchev–Trinajstić information content (AvgIpc) is 2.75. The van der Waals surface area contributed by atoms with Crippen LogP contribution >= 0.6 is 24.0 Å². The third kappa shape index (κ3) is 10.2. The van der Waals surface area contributed by atoms with Crippen molar-refractivity contribution in [3.63, 3.8) is 0 Å². The van der Waals surface area contributed by atoms with Gasteiger partial charge in [-0.2, -0.15) is 0 Å². The van der Waals surface area contributed by atoms with Crippen LogP contribution in [0.2, 0.25) is 0 Å². The van der Waals surface area contributed by atoms with Gasteiger partial charge in [0.2, 0.25) is 0 Å². The average molecular weight is 574 g/mol. The van der Waals surface area contributed by atoms with Gasteiger partial charge in [0.15, 0.2) is 5.96 Å². The number of hydrogen-bond acceptors (Lipinski definition) is 4. The highest BCUT2D eigenvalue weighted by molar-refractivity contribution is 14.0. The minimum absolute atomic E-state index is 0. The summed E-state index contributed by atoms with van der Waals surface area (Å²) in [6, 6.07) is 7.58. The van der Waals surface area contributed by atoms with E-state index in [1.807, 2.05) is 49.9 Å². The van der Waals surface area contributed by atoms with Crippen LogP contribution in [0.15, 0.2) is 29.3 Å². The highest BCUT2D eigenvalue weighted by Gasteiger charge is 2.27. The van der Waals surface area contributed by atoms with Crippen LogP contribution in [0.1, 0.15) is 56.0 Å². The third-order valence-electron chi connectivity index (χ3n) is 5.31. The number of likely N-dealkylation sites (tertiary alicyclic amines) is 1. The van der Waals surface area contributed by atoms with Gasteiger partial charge in [-0.3, -0.25) is 9.79 Å². The fraction of sp³-hybridized carbons (Fsp3) is 0.625. The lowest BCUT2D eigenvalue weighted by Gasteiger charge is -2.34. The summed E-state index contributed by atoms with van der Waals surface area (Å²) in [6.07, 6.45) is 2.86. The molecule has 2 N–H and O–H groups in total. The van der Waals surface area contributed by atoms with Gasteiger partial charge in [-0.15, -0.1) is 24.0 Å². The van der Waals surface area contributed by atoms with Gasteiger partial charge in [-0.05, 0) is 63.6 Å². The van der Waals surface area contributed by atoms with Gasteiger partial charge in [0.25, 0.3) is 5.91 Å². The molecule has 1 saturated heterocycles. The first-order valence-corrected chi connectivity index (χ1v) is 11.3. The molecule has 0 saturated carbocycles. The van der Waals surface area contributed by atoms with Gasteiger partial charge in [0, 0.05) is 52.9 Å². The lowest BCUT2D eigenvalue weighted by molar-refractivity contribution is 0.0162. The molecule has 1 aromatic carbocycles. The Bertz CT molecular complexity index is 790. The first kappa shape index (κ1) is 29.0. The number of aliphatic imine (C=N–C) groups is 1. The molecule has 0 spiro atoms. The van der Waals surface area contributed by atoms with Crippen LogP contribution in [0.5, 0.6) is 0 Å². The van der Waals surface area contributed by atoms with Crippen LogP contribution in [0, 0.1) is 5.92 Å². The Morgan fingerprint density at radius 1 is 1.18 bits per heavy atom. The molecule has 8 nitrogen and oxygen atoms in total. The summed E-state index contributed by atoms with van der Waals surface area (Å²) >= 11 is 0. The van der Waals surface area contributed by atoms with E-state index in [9.17, 15) is 9.59 Å². The number of benzene rings is 1. The fourth-order valence-corrected chi connectivity index (χ4v) is 3.62. The molecule has 9 heteroatoms. The Morgan fingerprint density at radius 2 is 1.85 bits per heavy atom. The molecule has 1 heterocycles. The lowest BCUT2D eigenvalue weighted by atomic mass is 9.95. The number of carbonyl (C=O) groups is 2. The minimum atomic E-state index is -0.466. The summed E-state index contributed by atoms with van der Waals surface area (Å²) in [5.41, 5.74) is 1.28. The summed E-state index contributed by atoms with van der Waals surface area (Å²) in [5, 5.41) is 6.66. The van der Waals surface area contributed by atoms with Crippen molar-refractivity contribution in [2.75, 3.05) is 40.8 Å². The summed E-state index contributed by atoms with van der Waals surface area (Å²) in [7, 11) is 5.24. The normalized spacial score (nSPS) is 16.5. The lowest BCUT2D eigenvalue weighted by Crippen LogP contribution is -2.44. The molecule has 0 radical (unpaired) electrons. The first-order chi connectivity index (χ1) is 15.1. The van der Waals surface area contributed by atoms with E-state index in [0.717, 1.165) is 50.4 Å². The van der Waals surface area contributed by atoms with Gasteiger partial charge in [0.05, 0.1) is 0 Å². The Morgan fingerprint density at radius 3 is 2.42 bits per heavy atom. The van der Waals surface area contributed by atoms with Crippen molar-refractivity contribution in [2.45, 2.75) is 52.2 Å². The number of carbonyl (C=O) groups excluding carboxylic acids is 2. The second-order valence-corrected chi connectivity index (χ2v) is 9.47. The second kappa shape index (κ2) is 13.6. The van der Waals surface area contributed by atoms with E-state index >= 15 is 0 Å². The van der Waals surface area contributed by atoms with Crippen LogP contribution < -0.4 is 10.6 Å². The summed E-state index contributed by atoms with van der Waals surface area (Å²) in [4.78, 5) is 32.0. The SMILES string of the molecule is CN=C(NCCC1CCCN(C(=O)OC(C)(C)C)C1)NCc1ccc(C(=O)N(C)C)cc1.I. The van der Waals surface area contributed by atoms with Crippen LogP contribution in [-0.2, 0) is 11.3 Å². The van der Waals surface area contributed by atoms with Crippen LogP contribution in [0.4, 0.5) is 4.79 Å². The Kier molecular flexibility index (Phi) is 12.0. The summed E-state index contributed by atoms with van der Waals surface area (Å²) in [5.74, 6) is 1.18. The molecule has 1 aromatic rings. The van der Waals surface area contributed by atoms with Crippen LogP contribution in [0.25, 0.3) is 0 Å². The van der Waals surface area contributed by atoms with Crippen molar-refractivity contribution in [1.29, 1.82) is 0 Å². The number of nitrogens with zero attached hydrogens (tertiary/aromatic N) is 3. The molecule has 0 bridgehead atoms. The maximum absolute atomic E-state index is 12.3. The maximum Gasteiger partial charge on any atom is 0.410 e. The highest BCUT2D eigenvalue weighted by atomic mass is 127. The molecular formula is C24H40IN5O3. The molecule has 1 aliphatic heterocycles. The van der Waals surface area contributed by atoms with Crippen LogP contribution in [-0.4, -0.2) is 74.1 Å². The van der Waals surface area contributed by atoms with E-state index in [1.165, 1.54) is 0 Å². The number of piperidine rings is 1. The predicted octanol–water partition coefficient (Wildman–Crippen LogP) is 3.71. The van der Waals surface area contributed by atoms with Crippen LogP contribution in [0.3, 0.4) is 0 Å². The van der Waals surface area contributed by atoms with Crippen molar-refractivity contribution < 1.29 is 14.3 Å². The fourth-order valence-electron chi connectivity index (χ4n) is 3.62. The van der Waals surface area contributed by atoms with Gasteiger partial charge in [-0.25, -0.2) is 4.79 Å². The molecule has 186 valence electrons. The Labute approximate surface area is 215 Å². The van der Waals surface area contributed by atoms with Crippen molar-refractivity contribution in [3.8, 4) is 0 Å². The van der Waals surface area contributed by atoms with Crippen molar-refractivity contribution in [3.05, 3.63) is 35.4 Å². The van der Waals surface area contributed by atoms with Gasteiger partial charge >= 0.3 is 6.09 Å². The second-order valence-electron chi connectivity index (χ2n) is 9.47. The molecule has 0 aliphatic carbocycles. The standard InChI is InChI=1S/C24H39N5O3.HI/c1-24(2,3)32-23(31)29-15-7-8-19(17-29)13-14-26-22(25-4)27-16-18-9-11-20(12-10-18)21(30)28(5)6;/h9-12,19H,7-8,13-17H2,1-6H3,(H2,25,26,27);1H. The third-order valence-corrected chi connectivity index (χ3v) is 5.31. The van der Waals surface area contributed by atoms with Gasteiger partial charge < -0.3 is 25.2 Å². The molecule has 1 aliphatic rings. The number of rotatable bonds is 6. The number of amides is 2. The largest absolute Gasteiger partial charge is 0.444 e. The number of ether oxygens (including phenoxy) is 1. The quantitative estimate of drug-likeness (QED) is 0.308. The zero-order valence-electron chi connectivity index (χ0n) is 20.8. The number of nitrogens with one attached hydrogen (secondary N) is 2. The zero-order chi connectivity index (χ0) is 23.7. The van der Waals surface area contributed by atoms with E-state index in [2.05, 4.69) is 15.6 Å². The van der Waals surface area contributed by atoms with Gasteiger partial charge in [-0.1, -0.05) is 12.1 Å².